The smallest absolute Gasteiger partial charge is 0.274 e. The zero-order valence-electron chi connectivity index (χ0n) is 22.2. The maximum Gasteiger partial charge on any atom is 0.274 e. The van der Waals surface area contributed by atoms with Gasteiger partial charge in [-0.05, 0) is 57.5 Å². The van der Waals surface area contributed by atoms with Gasteiger partial charge in [0.25, 0.3) is 5.91 Å². The Bertz CT molecular complexity index is 1530. The highest BCUT2D eigenvalue weighted by atomic mass is 35.5. The first kappa shape index (κ1) is 26.1. The molecule has 0 bridgehead atoms. The first-order valence-corrected chi connectivity index (χ1v) is 13.0. The van der Waals surface area contributed by atoms with Gasteiger partial charge in [-0.3, -0.25) is 4.79 Å². The molecule has 0 atom stereocenters. The molecule has 4 aromatic rings. The maximum absolute atomic E-state index is 13.7. The van der Waals surface area contributed by atoms with Gasteiger partial charge in [0.05, 0.1) is 18.5 Å². The average molecular weight is 550 g/mol. The van der Waals surface area contributed by atoms with E-state index in [1.165, 1.54) is 5.56 Å². The molecular formula is C30H29Cl2N3O3. The lowest BCUT2D eigenvalue weighted by atomic mass is 9.95. The van der Waals surface area contributed by atoms with Crippen LogP contribution in [0.25, 0.3) is 28.1 Å². The molecule has 8 heteroatoms. The minimum atomic E-state index is -0.396. The van der Waals surface area contributed by atoms with Crippen molar-refractivity contribution < 1.29 is 14.3 Å². The number of ether oxygens (including phenoxy) is 2. The summed E-state index contributed by atoms with van der Waals surface area (Å²) in [7, 11) is 3.42. The van der Waals surface area contributed by atoms with Crippen LogP contribution in [0.5, 0.6) is 11.5 Å². The first-order chi connectivity index (χ1) is 18.0. The van der Waals surface area contributed by atoms with Crippen LogP contribution in [0, 0.1) is 6.92 Å². The molecule has 0 radical (unpaired) electrons. The summed E-state index contributed by atoms with van der Waals surface area (Å²) in [6.07, 6.45) is 0. The number of benzene rings is 3. The molecule has 5 rings (SSSR count). The minimum absolute atomic E-state index is 0.183. The summed E-state index contributed by atoms with van der Waals surface area (Å²) < 4.78 is 13.7. The van der Waals surface area contributed by atoms with Crippen LogP contribution in [0.15, 0.2) is 54.6 Å². The van der Waals surface area contributed by atoms with Crippen LogP contribution in [0.1, 0.15) is 42.4 Å². The Balaban J connectivity index is 1.79. The van der Waals surface area contributed by atoms with Gasteiger partial charge in [-0.1, -0.05) is 53.0 Å². The van der Waals surface area contributed by atoms with Crippen molar-refractivity contribution in [3.8, 4) is 39.6 Å². The van der Waals surface area contributed by atoms with Gasteiger partial charge in [0.2, 0.25) is 0 Å². The second kappa shape index (κ2) is 9.68. The molecular weight excluding hydrogens is 521 g/mol. The number of fused-ring (bicyclic) bond motifs is 3. The number of halogens is 2. The second-order valence-corrected chi connectivity index (χ2v) is 11.3. The maximum atomic E-state index is 13.7. The fraction of sp³-hybridized carbons (Fsp3) is 0.267. The number of hydrogen-bond acceptors (Lipinski definition) is 4. The Morgan fingerprint density at radius 2 is 1.68 bits per heavy atom. The number of rotatable bonds is 4. The van der Waals surface area contributed by atoms with Crippen LogP contribution in [0.3, 0.4) is 0 Å². The summed E-state index contributed by atoms with van der Waals surface area (Å²) >= 11 is 12.8. The predicted molar refractivity (Wildman–Crippen MR) is 152 cm³/mol. The molecule has 0 spiro atoms. The molecule has 1 aliphatic heterocycles. The van der Waals surface area contributed by atoms with E-state index in [1.807, 2.05) is 32.9 Å². The average Bonchev–Trinajstić information content (AvgIpc) is 3.26. The molecule has 1 aliphatic rings. The fourth-order valence-corrected chi connectivity index (χ4v) is 5.01. The Morgan fingerprint density at radius 3 is 2.29 bits per heavy atom. The molecule has 1 aromatic heterocycles. The Hall–Kier alpha value is -3.48. The van der Waals surface area contributed by atoms with Crippen molar-refractivity contribution in [1.29, 1.82) is 0 Å². The second-order valence-electron chi connectivity index (χ2n) is 10.5. The van der Waals surface area contributed by atoms with Gasteiger partial charge < -0.3 is 14.4 Å². The SMILES string of the molecule is COc1cc2c(cc1-c1ccc(C)cc1)-c1c(c(C(=O)N(C)C(C)(C)C)nn1-c1cc(Cl)cc(Cl)c1)CO2. The molecule has 2 heterocycles. The van der Waals surface area contributed by atoms with Crippen molar-refractivity contribution >= 4 is 29.1 Å². The molecule has 0 fully saturated rings. The third kappa shape index (κ3) is 4.63. The van der Waals surface area contributed by atoms with Gasteiger partial charge in [-0.2, -0.15) is 5.10 Å². The fourth-order valence-electron chi connectivity index (χ4n) is 4.49. The van der Waals surface area contributed by atoms with Gasteiger partial charge in [-0.15, -0.1) is 0 Å². The van der Waals surface area contributed by atoms with E-state index in [2.05, 4.69) is 31.2 Å². The van der Waals surface area contributed by atoms with E-state index >= 15 is 0 Å². The van der Waals surface area contributed by atoms with Crippen LogP contribution in [-0.2, 0) is 6.61 Å². The third-order valence-electron chi connectivity index (χ3n) is 6.88. The summed E-state index contributed by atoms with van der Waals surface area (Å²) in [6.45, 7) is 8.18. The minimum Gasteiger partial charge on any atom is -0.496 e. The number of carbonyl (C=O) groups excluding carboxylic acids is 1. The standard InChI is InChI=1S/C30H29Cl2N3O3/c1-17-7-9-18(10-8-17)22-14-23-26(15-25(22)37-6)38-16-24-27(29(36)34(5)30(2,3)4)33-35(28(23)24)21-12-19(31)11-20(32)13-21/h7-15H,16H2,1-6H3. The van der Waals surface area contributed by atoms with E-state index < -0.39 is 5.54 Å². The summed E-state index contributed by atoms with van der Waals surface area (Å²) in [5.41, 5.74) is 5.90. The number of amides is 1. The van der Waals surface area contributed by atoms with E-state index in [9.17, 15) is 4.79 Å². The number of aromatic nitrogens is 2. The van der Waals surface area contributed by atoms with Gasteiger partial charge in [0, 0.05) is 45.4 Å². The van der Waals surface area contributed by atoms with Crippen LogP contribution in [0.2, 0.25) is 10.0 Å². The van der Waals surface area contributed by atoms with E-state index in [4.69, 9.17) is 37.8 Å². The zero-order valence-corrected chi connectivity index (χ0v) is 23.7. The van der Waals surface area contributed by atoms with Crippen molar-refractivity contribution in [3.05, 3.63) is 81.5 Å². The van der Waals surface area contributed by atoms with Crippen LogP contribution in [0.4, 0.5) is 0 Å². The number of hydrogen-bond donors (Lipinski definition) is 0. The summed E-state index contributed by atoms with van der Waals surface area (Å²) in [5, 5.41) is 5.77. The monoisotopic (exact) mass is 549 g/mol. The molecule has 38 heavy (non-hydrogen) atoms. The molecule has 0 saturated heterocycles. The molecule has 196 valence electrons. The van der Waals surface area contributed by atoms with Crippen LogP contribution < -0.4 is 9.47 Å². The normalized spacial score (nSPS) is 12.4. The Labute approximate surface area is 232 Å². The summed E-state index contributed by atoms with van der Waals surface area (Å²) in [5.74, 6) is 1.14. The summed E-state index contributed by atoms with van der Waals surface area (Å²) in [6, 6.07) is 17.4. The number of nitrogens with zero attached hydrogens (tertiary/aromatic N) is 3. The Kier molecular flexibility index (Phi) is 6.66. The van der Waals surface area contributed by atoms with Crippen molar-refractivity contribution in [2.45, 2.75) is 39.8 Å². The lowest BCUT2D eigenvalue weighted by Gasteiger charge is -2.31. The molecule has 0 N–H and O–H groups in total. The molecule has 0 unspecified atom stereocenters. The van der Waals surface area contributed by atoms with Gasteiger partial charge in [-0.25, -0.2) is 4.68 Å². The van der Waals surface area contributed by atoms with Gasteiger partial charge >= 0.3 is 0 Å². The summed E-state index contributed by atoms with van der Waals surface area (Å²) in [4.78, 5) is 15.4. The highest BCUT2D eigenvalue weighted by molar-refractivity contribution is 6.34. The van der Waals surface area contributed by atoms with Crippen molar-refractivity contribution in [3.63, 3.8) is 0 Å². The van der Waals surface area contributed by atoms with Crippen LogP contribution >= 0.6 is 23.2 Å². The van der Waals surface area contributed by atoms with Crippen molar-refractivity contribution in [2.75, 3.05) is 14.2 Å². The lowest BCUT2D eigenvalue weighted by molar-refractivity contribution is 0.0646. The first-order valence-electron chi connectivity index (χ1n) is 12.3. The third-order valence-corrected chi connectivity index (χ3v) is 7.32. The molecule has 6 nitrogen and oxygen atoms in total. The molecule has 1 amide bonds. The lowest BCUT2D eigenvalue weighted by Crippen LogP contribution is -2.43. The number of carbonyl (C=O) groups is 1. The molecule has 0 aliphatic carbocycles. The van der Waals surface area contributed by atoms with E-state index in [1.54, 1.807) is 41.9 Å². The molecule has 3 aromatic carbocycles. The molecule has 0 saturated carbocycles. The highest BCUT2D eigenvalue weighted by Crippen LogP contribution is 2.46. The quantitative estimate of drug-likeness (QED) is 0.263. The van der Waals surface area contributed by atoms with E-state index in [-0.39, 0.29) is 12.5 Å². The van der Waals surface area contributed by atoms with E-state index in [0.29, 0.717) is 38.5 Å². The van der Waals surface area contributed by atoms with E-state index in [0.717, 1.165) is 22.4 Å². The zero-order chi connectivity index (χ0) is 27.4. The predicted octanol–water partition coefficient (Wildman–Crippen LogP) is 7.59. The van der Waals surface area contributed by atoms with Crippen LogP contribution in [-0.4, -0.2) is 40.3 Å². The Morgan fingerprint density at radius 1 is 1.03 bits per heavy atom. The van der Waals surface area contributed by atoms with Crippen molar-refractivity contribution in [2.24, 2.45) is 0 Å². The highest BCUT2D eigenvalue weighted by Gasteiger charge is 2.34. The van der Waals surface area contributed by atoms with Crippen molar-refractivity contribution in [1.82, 2.24) is 14.7 Å². The topological polar surface area (TPSA) is 56.6 Å². The number of aryl methyl sites for hydroxylation is 1. The van der Waals surface area contributed by atoms with Gasteiger partial charge in [0.1, 0.15) is 18.1 Å². The largest absolute Gasteiger partial charge is 0.496 e. The van der Waals surface area contributed by atoms with Gasteiger partial charge in [0.15, 0.2) is 5.69 Å². The number of methoxy groups -OCH3 is 1.